The number of aromatic carboxylic acids is 1. The molecule has 1 aliphatic carbocycles. The summed E-state index contributed by atoms with van der Waals surface area (Å²) in [4.78, 5) is 12.0. The van der Waals surface area contributed by atoms with Crippen molar-refractivity contribution in [2.24, 2.45) is 13.0 Å². The highest BCUT2D eigenvalue weighted by Crippen LogP contribution is 2.57. The molecule has 14 heteroatoms. The molecule has 10 nitrogen and oxygen atoms in total. The SMILES string of the molecule is CC1Cc2ccc(C(F)(F)F)cc2S(O)(O)N(Cc2cccc(-n3ncc(C(=O)O)c3C3CC3c3cn(C)nn3)c2)C1. The van der Waals surface area contributed by atoms with Crippen molar-refractivity contribution in [1.29, 1.82) is 0 Å². The monoisotopic (exact) mass is 602 g/mol. The maximum absolute atomic E-state index is 13.5. The van der Waals surface area contributed by atoms with Gasteiger partial charge in [-0.05, 0) is 54.2 Å². The van der Waals surface area contributed by atoms with E-state index in [4.69, 9.17) is 0 Å². The van der Waals surface area contributed by atoms with Gasteiger partial charge in [0, 0.05) is 38.2 Å². The molecule has 2 aliphatic rings. The number of nitrogens with zero attached hydrogens (tertiary/aromatic N) is 6. The summed E-state index contributed by atoms with van der Waals surface area (Å²) in [6.45, 7) is 2.21. The van der Waals surface area contributed by atoms with E-state index in [9.17, 15) is 32.2 Å². The molecular weight excluding hydrogens is 573 g/mol. The number of hydrogen-bond donors (Lipinski definition) is 3. The van der Waals surface area contributed by atoms with Gasteiger partial charge >= 0.3 is 12.1 Å². The molecule has 1 fully saturated rings. The largest absolute Gasteiger partial charge is 0.478 e. The minimum Gasteiger partial charge on any atom is -0.478 e. The van der Waals surface area contributed by atoms with Gasteiger partial charge in [-0.3, -0.25) is 13.8 Å². The Morgan fingerprint density at radius 1 is 1.14 bits per heavy atom. The topological polar surface area (TPSA) is 130 Å². The van der Waals surface area contributed by atoms with Crippen LogP contribution in [0.1, 0.15) is 63.6 Å². The van der Waals surface area contributed by atoms with Gasteiger partial charge in [-0.25, -0.2) is 9.48 Å². The van der Waals surface area contributed by atoms with Gasteiger partial charge in [0.05, 0.1) is 33.7 Å². The predicted molar refractivity (Wildman–Crippen MR) is 147 cm³/mol. The zero-order valence-electron chi connectivity index (χ0n) is 22.7. The third kappa shape index (κ3) is 5.19. The molecule has 3 unspecified atom stereocenters. The fraction of sp³-hybridized carbons (Fsp3) is 0.357. The van der Waals surface area contributed by atoms with Crippen LogP contribution in [0.4, 0.5) is 13.2 Å². The van der Waals surface area contributed by atoms with Crippen molar-refractivity contribution in [3.63, 3.8) is 0 Å². The Morgan fingerprint density at radius 2 is 1.93 bits per heavy atom. The molecule has 0 bridgehead atoms. The molecule has 2 aromatic carbocycles. The molecule has 222 valence electrons. The first-order chi connectivity index (χ1) is 19.8. The molecular formula is C28H29F3N6O4S. The highest BCUT2D eigenvalue weighted by Gasteiger charge is 2.46. The van der Waals surface area contributed by atoms with Crippen LogP contribution in [0, 0.1) is 5.92 Å². The molecule has 0 amide bonds. The number of rotatable bonds is 6. The van der Waals surface area contributed by atoms with E-state index in [-0.39, 0.29) is 41.3 Å². The lowest BCUT2D eigenvalue weighted by molar-refractivity contribution is -0.137. The summed E-state index contributed by atoms with van der Waals surface area (Å²) in [5.41, 5.74) is 2.19. The number of carbonyl (C=O) groups is 1. The summed E-state index contributed by atoms with van der Waals surface area (Å²) < 4.78 is 67.8. The van der Waals surface area contributed by atoms with E-state index in [2.05, 4.69) is 15.4 Å². The number of alkyl halides is 3. The molecule has 6 rings (SSSR count). The highest BCUT2D eigenvalue weighted by atomic mass is 32.3. The lowest BCUT2D eigenvalue weighted by atomic mass is 9.99. The predicted octanol–water partition coefficient (Wildman–Crippen LogP) is 5.71. The van der Waals surface area contributed by atoms with E-state index < -0.39 is 28.5 Å². The number of aryl methyl sites for hydroxylation is 1. The van der Waals surface area contributed by atoms with Gasteiger partial charge in [-0.15, -0.1) is 15.9 Å². The number of carboxylic acids is 1. The number of halogens is 3. The van der Waals surface area contributed by atoms with E-state index in [0.717, 1.165) is 17.8 Å². The first-order valence-corrected chi connectivity index (χ1v) is 14.8. The Bertz CT molecular complexity index is 1670. The lowest BCUT2D eigenvalue weighted by Crippen LogP contribution is -2.30. The van der Waals surface area contributed by atoms with Gasteiger partial charge < -0.3 is 5.11 Å². The molecule has 1 aliphatic heterocycles. The summed E-state index contributed by atoms with van der Waals surface area (Å²) in [5.74, 6) is -1.27. The smallest absolute Gasteiger partial charge is 0.416 e. The third-order valence-corrected chi connectivity index (χ3v) is 9.79. The van der Waals surface area contributed by atoms with Crippen LogP contribution in [0.2, 0.25) is 0 Å². The Labute approximate surface area is 240 Å². The summed E-state index contributed by atoms with van der Waals surface area (Å²) in [5, 5.41) is 22.4. The maximum atomic E-state index is 13.5. The van der Waals surface area contributed by atoms with Gasteiger partial charge in [-0.1, -0.05) is 30.3 Å². The maximum Gasteiger partial charge on any atom is 0.416 e. The third-order valence-electron chi connectivity index (χ3n) is 7.83. The molecule has 1 saturated carbocycles. The van der Waals surface area contributed by atoms with E-state index in [0.29, 0.717) is 35.3 Å². The molecule has 4 aromatic rings. The van der Waals surface area contributed by atoms with Crippen molar-refractivity contribution in [3.8, 4) is 5.69 Å². The van der Waals surface area contributed by atoms with Crippen LogP contribution in [0.25, 0.3) is 5.69 Å². The first kappa shape index (κ1) is 28.4. The van der Waals surface area contributed by atoms with Crippen molar-refractivity contribution >= 4 is 16.7 Å². The van der Waals surface area contributed by atoms with Crippen LogP contribution < -0.4 is 0 Å². The van der Waals surface area contributed by atoms with Gasteiger partial charge in [0.2, 0.25) is 0 Å². The molecule has 0 radical (unpaired) electrons. The summed E-state index contributed by atoms with van der Waals surface area (Å²) in [7, 11) is -1.98. The Kier molecular flexibility index (Phi) is 6.91. The van der Waals surface area contributed by atoms with Gasteiger partial charge in [0.25, 0.3) is 0 Å². The average molecular weight is 603 g/mol. The summed E-state index contributed by atoms with van der Waals surface area (Å²) >= 11 is 0. The van der Waals surface area contributed by atoms with E-state index in [1.54, 1.807) is 40.7 Å². The molecule has 3 N–H and O–H groups in total. The molecule has 0 spiro atoms. The van der Waals surface area contributed by atoms with Crippen molar-refractivity contribution in [1.82, 2.24) is 29.1 Å². The van der Waals surface area contributed by atoms with Gasteiger partial charge in [0.1, 0.15) is 5.56 Å². The van der Waals surface area contributed by atoms with Crippen molar-refractivity contribution in [2.45, 2.75) is 49.2 Å². The van der Waals surface area contributed by atoms with Gasteiger partial charge in [-0.2, -0.15) is 22.6 Å². The van der Waals surface area contributed by atoms with E-state index in [1.807, 2.05) is 13.1 Å². The highest BCUT2D eigenvalue weighted by molar-refractivity contribution is 8.22. The Balaban J connectivity index is 1.33. The number of benzene rings is 2. The fourth-order valence-electron chi connectivity index (χ4n) is 5.77. The number of fused-ring (bicyclic) bond motifs is 1. The standard InChI is InChI=1S/C28H29F3N6O4S/c1-16-8-18-6-7-19(28(29,30)31)10-25(18)42(40,41)36(13-16)14-17-4-3-5-20(9-17)37-26(23(12-32-37)27(38)39)22-11-21(22)24-15-35(2)34-33-24/h3-7,9-10,12,15-16,21-22,40-41H,8,11,13-14H2,1-2H3,(H,38,39). The quantitative estimate of drug-likeness (QED) is 0.256. The summed E-state index contributed by atoms with van der Waals surface area (Å²) in [6.07, 6.45) is -0.397. The second-order valence-corrected chi connectivity index (χ2v) is 13.1. The van der Waals surface area contributed by atoms with Crippen LogP contribution in [0.3, 0.4) is 0 Å². The second kappa shape index (κ2) is 10.2. The number of carboxylic acid groups (broad SMARTS) is 1. The van der Waals surface area contributed by atoms with Crippen LogP contribution in [0.15, 0.2) is 59.8 Å². The molecule has 42 heavy (non-hydrogen) atoms. The second-order valence-electron chi connectivity index (χ2n) is 11.1. The van der Waals surface area contributed by atoms with Gasteiger partial charge in [0.15, 0.2) is 0 Å². The fourth-order valence-corrected chi connectivity index (χ4v) is 7.63. The zero-order valence-corrected chi connectivity index (χ0v) is 23.5. The minimum absolute atomic E-state index is 0.00340. The lowest BCUT2D eigenvalue weighted by Gasteiger charge is -2.43. The Hall–Kier alpha value is -3.72. The Morgan fingerprint density at radius 3 is 2.62 bits per heavy atom. The van der Waals surface area contributed by atoms with Crippen LogP contribution in [-0.2, 0) is 26.2 Å². The normalized spacial score (nSPS) is 22.8. The van der Waals surface area contributed by atoms with Crippen molar-refractivity contribution < 1.29 is 32.2 Å². The molecule has 3 heterocycles. The van der Waals surface area contributed by atoms with Crippen LogP contribution >= 0.6 is 10.8 Å². The summed E-state index contributed by atoms with van der Waals surface area (Å²) in [6, 6.07) is 10.2. The zero-order chi connectivity index (χ0) is 30.0. The van der Waals surface area contributed by atoms with Crippen LogP contribution in [-0.4, -0.2) is 55.8 Å². The van der Waals surface area contributed by atoms with E-state index in [1.165, 1.54) is 16.6 Å². The van der Waals surface area contributed by atoms with Crippen LogP contribution in [0.5, 0.6) is 0 Å². The molecule has 0 saturated heterocycles. The van der Waals surface area contributed by atoms with Crippen molar-refractivity contribution in [3.05, 3.63) is 88.5 Å². The number of hydrogen-bond acceptors (Lipinski definition) is 7. The number of aromatic nitrogens is 5. The molecule has 3 atom stereocenters. The molecule has 2 aromatic heterocycles. The average Bonchev–Trinajstić information content (AvgIpc) is 3.39. The van der Waals surface area contributed by atoms with Crippen molar-refractivity contribution in [2.75, 3.05) is 6.54 Å². The first-order valence-electron chi connectivity index (χ1n) is 13.3. The van der Waals surface area contributed by atoms with E-state index >= 15 is 0 Å². The minimum atomic E-state index is -4.62.